The van der Waals surface area contributed by atoms with Crippen LogP contribution < -0.4 is 0 Å². The summed E-state index contributed by atoms with van der Waals surface area (Å²) >= 11 is 1.01. The third-order valence-electron chi connectivity index (χ3n) is 3.42. The summed E-state index contributed by atoms with van der Waals surface area (Å²) in [4.78, 5) is 34.5. The smallest absolute Gasteiger partial charge is 0.303 e. The third kappa shape index (κ3) is 4.14. The van der Waals surface area contributed by atoms with Gasteiger partial charge in [-0.3, -0.25) is 14.4 Å². The maximum absolute atomic E-state index is 12.8. The standard InChI is InChI=1S/C15H15FO4S/c16-10-6-4-9(5-7-10)8-12-14(19)11(15(20)21-12)2-1-3-13(17)18/h4-7,11-12H,1-3,8H2,(H,17,18). The fourth-order valence-electron chi connectivity index (χ4n) is 2.32. The van der Waals surface area contributed by atoms with Crippen molar-refractivity contribution in [2.75, 3.05) is 0 Å². The number of thioether (sulfide) groups is 1. The Morgan fingerprint density at radius 2 is 1.90 bits per heavy atom. The number of ketones is 1. The van der Waals surface area contributed by atoms with Gasteiger partial charge in [-0.15, -0.1) is 0 Å². The summed E-state index contributed by atoms with van der Waals surface area (Å²) in [6.45, 7) is 0. The lowest BCUT2D eigenvalue weighted by Gasteiger charge is -2.08. The van der Waals surface area contributed by atoms with Crippen LogP contribution in [0.4, 0.5) is 4.39 Å². The van der Waals surface area contributed by atoms with Crippen LogP contribution in [0, 0.1) is 11.7 Å². The Morgan fingerprint density at radius 3 is 2.52 bits per heavy atom. The molecule has 1 fully saturated rings. The summed E-state index contributed by atoms with van der Waals surface area (Å²) in [5.74, 6) is -2.10. The number of rotatable bonds is 6. The lowest BCUT2D eigenvalue weighted by atomic mass is 9.94. The Bertz CT molecular complexity index is 555. The Balaban J connectivity index is 1.94. The van der Waals surface area contributed by atoms with Gasteiger partial charge in [0.15, 0.2) is 10.9 Å². The van der Waals surface area contributed by atoms with Crippen molar-refractivity contribution in [1.82, 2.24) is 0 Å². The van der Waals surface area contributed by atoms with Crippen molar-refractivity contribution in [2.24, 2.45) is 5.92 Å². The van der Waals surface area contributed by atoms with Crippen LogP contribution in [0.5, 0.6) is 0 Å². The molecule has 0 bridgehead atoms. The number of carbonyl (C=O) groups excluding carboxylic acids is 2. The molecule has 1 aromatic carbocycles. The number of carboxylic acids is 1. The summed E-state index contributed by atoms with van der Waals surface area (Å²) in [6, 6.07) is 5.86. The van der Waals surface area contributed by atoms with Crippen molar-refractivity contribution < 1.29 is 23.9 Å². The SMILES string of the molecule is O=C(O)CCCC1C(=O)SC(Cc2ccc(F)cc2)C1=O. The summed E-state index contributed by atoms with van der Waals surface area (Å²) < 4.78 is 12.8. The van der Waals surface area contributed by atoms with Gasteiger partial charge in [0.2, 0.25) is 0 Å². The number of halogens is 1. The first-order chi connectivity index (χ1) is 9.97. The highest BCUT2D eigenvalue weighted by atomic mass is 32.2. The normalized spacial score (nSPS) is 21.8. The molecule has 1 N–H and O–H groups in total. The third-order valence-corrected chi connectivity index (χ3v) is 4.62. The molecule has 0 spiro atoms. The number of carbonyl (C=O) groups is 3. The van der Waals surface area contributed by atoms with Crippen molar-refractivity contribution in [3.8, 4) is 0 Å². The summed E-state index contributed by atoms with van der Waals surface area (Å²) in [7, 11) is 0. The summed E-state index contributed by atoms with van der Waals surface area (Å²) in [5, 5.41) is 7.95. The molecular formula is C15H15FO4S. The van der Waals surface area contributed by atoms with E-state index < -0.39 is 17.1 Å². The molecule has 6 heteroatoms. The Labute approximate surface area is 125 Å². The molecule has 0 amide bonds. The van der Waals surface area contributed by atoms with E-state index in [1.165, 1.54) is 12.1 Å². The molecule has 2 rings (SSSR count). The van der Waals surface area contributed by atoms with E-state index in [2.05, 4.69) is 0 Å². The van der Waals surface area contributed by atoms with Crippen molar-refractivity contribution in [1.29, 1.82) is 0 Å². The van der Waals surface area contributed by atoms with E-state index >= 15 is 0 Å². The zero-order valence-corrected chi connectivity index (χ0v) is 12.1. The minimum atomic E-state index is -0.927. The molecule has 0 aromatic heterocycles. The zero-order valence-electron chi connectivity index (χ0n) is 11.3. The molecule has 1 aromatic rings. The lowest BCUT2D eigenvalue weighted by Crippen LogP contribution is -2.21. The van der Waals surface area contributed by atoms with E-state index in [4.69, 9.17) is 5.11 Å². The van der Waals surface area contributed by atoms with Crippen LogP contribution in [-0.4, -0.2) is 27.2 Å². The van der Waals surface area contributed by atoms with Gasteiger partial charge in [-0.25, -0.2) is 4.39 Å². The van der Waals surface area contributed by atoms with Gasteiger partial charge in [0.25, 0.3) is 0 Å². The van der Waals surface area contributed by atoms with E-state index in [1.54, 1.807) is 12.1 Å². The monoisotopic (exact) mass is 310 g/mol. The molecule has 4 nitrogen and oxygen atoms in total. The van der Waals surface area contributed by atoms with E-state index in [1.807, 2.05) is 0 Å². The number of hydrogen-bond acceptors (Lipinski definition) is 4. The van der Waals surface area contributed by atoms with Gasteiger partial charge in [0.1, 0.15) is 5.82 Å². The highest BCUT2D eigenvalue weighted by Gasteiger charge is 2.41. The van der Waals surface area contributed by atoms with E-state index in [0.717, 1.165) is 17.3 Å². The molecule has 0 aliphatic carbocycles. The van der Waals surface area contributed by atoms with Gasteiger partial charge < -0.3 is 5.11 Å². The first kappa shape index (κ1) is 15.7. The Hall–Kier alpha value is -1.69. The van der Waals surface area contributed by atoms with E-state index in [9.17, 15) is 18.8 Å². The predicted octanol–water partition coefficient (Wildman–Crippen LogP) is 2.45. The fourth-order valence-corrected chi connectivity index (χ4v) is 3.55. The minimum Gasteiger partial charge on any atom is -0.481 e. The molecule has 1 aliphatic heterocycles. The second-order valence-electron chi connectivity index (χ2n) is 5.00. The summed E-state index contributed by atoms with van der Waals surface area (Å²) in [6.07, 6.45) is 0.966. The maximum Gasteiger partial charge on any atom is 0.303 e. The Morgan fingerprint density at radius 1 is 1.24 bits per heavy atom. The number of Topliss-reactive ketones (excluding diaryl/α,β-unsaturated/α-hetero) is 1. The van der Waals surface area contributed by atoms with Crippen molar-refractivity contribution in [2.45, 2.75) is 30.9 Å². The molecule has 21 heavy (non-hydrogen) atoms. The fraction of sp³-hybridized carbons (Fsp3) is 0.400. The van der Waals surface area contributed by atoms with E-state index in [-0.39, 0.29) is 29.6 Å². The average Bonchev–Trinajstić information content (AvgIpc) is 2.68. The van der Waals surface area contributed by atoms with Crippen LogP contribution in [0.15, 0.2) is 24.3 Å². The largest absolute Gasteiger partial charge is 0.481 e. The molecule has 0 radical (unpaired) electrons. The number of hydrogen-bond donors (Lipinski definition) is 1. The van der Waals surface area contributed by atoms with Gasteiger partial charge in [0, 0.05) is 6.42 Å². The quantitative estimate of drug-likeness (QED) is 0.817. The highest BCUT2D eigenvalue weighted by Crippen LogP contribution is 2.34. The van der Waals surface area contributed by atoms with Crippen LogP contribution in [0.2, 0.25) is 0 Å². The van der Waals surface area contributed by atoms with Gasteiger partial charge in [-0.2, -0.15) is 0 Å². The lowest BCUT2D eigenvalue weighted by molar-refractivity contribution is -0.137. The van der Waals surface area contributed by atoms with Crippen LogP contribution in [0.25, 0.3) is 0 Å². The topological polar surface area (TPSA) is 71.4 Å². The maximum atomic E-state index is 12.8. The van der Waals surface area contributed by atoms with E-state index in [0.29, 0.717) is 12.8 Å². The number of aliphatic carboxylic acids is 1. The molecule has 1 heterocycles. The van der Waals surface area contributed by atoms with Gasteiger partial charge >= 0.3 is 5.97 Å². The second-order valence-corrected chi connectivity index (χ2v) is 6.20. The van der Waals surface area contributed by atoms with Crippen molar-refractivity contribution in [3.05, 3.63) is 35.6 Å². The Kier molecular flexibility index (Phi) is 5.12. The molecule has 1 saturated heterocycles. The molecule has 2 atom stereocenters. The van der Waals surface area contributed by atoms with Gasteiger partial charge in [-0.05, 0) is 37.0 Å². The van der Waals surface area contributed by atoms with Crippen LogP contribution in [0.1, 0.15) is 24.8 Å². The van der Waals surface area contributed by atoms with Crippen LogP contribution >= 0.6 is 11.8 Å². The summed E-state index contributed by atoms with van der Waals surface area (Å²) in [5.41, 5.74) is 0.807. The molecule has 1 aliphatic rings. The number of benzene rings is 1. The van der Waals surface area contributed by atoms with Crippen LogP contribution in [0.3, 0.4) is 0 Å². The van der Waals surface area contributed by atoms with Crippen molar-refractivity contribution in [3.63, 3.8) is 0 Å². The molecular weight excluding hydrogens is 295 g/mol. The first-order valence-corrected chi connectivity index (χ1v) is 7.56. The number of carboxylic acid groups (broad SMARTS) is 1. The van der Waals surface area contributed by atoms with Crippen molar-refractivity contribution >= 4 is 28.6 Å². The molecule has 112 valence electrons. The highest BCUT2D eigenvalue weighted by molar-refractivity contribution is 8.15. The molecule has 0 saturated carbocycles. The van der Waals surface area contributed by atoms with Gasteiger partial charge in [0.05, 0.1) is 11.2 Å². The van der Waals surface area contributed by atoms with Crippen LogP contribution in [-0.2, 0) is 20.8 Å². The second kappa shape index (κ2) is 6.85. The first-order valence-electron chi connectivity index (χ1n) is 6.68. The minimum absolute atomic E-state index is 0.0373. The molecule has 2 unspecified atom stereocenters. The van der Waals surface area contributed by atoms with Gasteiger partial charge in [-0.1, -0.05) is 23.9 Å². The predicted molar refractivity (Wildman–Crippen MR) is 76.5 cm³/mol. The zero-order chi connectivity index (χ0) is 15.4. The average molecular weight is 310 g/mol.